The van der Waals surface area contributed by atoms with Gasteiger partial charge >= 0.3 is 14.2 Å². The quantitative estimate of drug-likeness (QED) is 0.240. The number of benzene rings is 4. The predicted octanol–water partition coefficient (Wildman–Crippen LogP) is -0.0641. The number of hydrogen-bond acceptors (Lipinski definition) is 6. The Labute approximate surface area is 234 Å². The SMILES string of the molecule is [C-]#[N+]c1cccc(Oc2ccc3c(c2)B(O)OC3)c1.[Cl-].[HH].[NH3+]Cc1cccc(Oc2ccc3c(c2)B(O)OC3)c1. The van der Waals surface area contributed by atoms with Crippen LogP contribution in [0.15, 0.2) is 84.9 Å². The van der Waals surface area contributed by atoms with Crippen LogP contribution in [0.25, 0.3) is 4.85 Å². The Kier molecular flexibility index (Phi) is 9.28. The largest absolute Gasteiger partial charge is 1.00 e. The summed E-state index contributed by atoms with van der Waals surface area (Å²) >= 11 is 0. The Morgan fingerprint density at radius 2 is 1.28 bits per heavy atom. The van der Waals surface area contributed by atoms with Gasteiger partial charge in [0.05, 0.1) is 26.3 Å². The second-order valence-corrected chi connectivity index (χ2v) is 8.76. The number of ether oxygens (including phenoxy) is 2. The van der Waals surface area contributed by atoms with Gasteiger partial charge < -0.3 is 47.0 Å². The molecule has 2 aliphatic heterocycles. The number of nitrogens with zero attached hydrogens (tertiary/aromatic N) is 1. The van der Waals surface area contributed by atoms with Gasteiger partial charge in [-0.15, -0.1) is 0 Å². The van der Waals surface area contributed by atoms with Gasteiger partial charge in [0, 0.05) is 6.99 Å². The lowest BCUT2D eigenvalue weighted by Crippen LogP contribution is -3.00. The summed E-state index contributed by atoms with van der Waals surface area (Å²) in [6.45, 7) is 8.57. The maximum Gasteiger partial charge on any atom is 0.491 e. The zero-order valence-electron chi connectivity index (χ0n) is 20.9. The maximum atomic E-state index is 9.67. The highest BCUT2D eigenvalue weighted by Gasteiger charge is 2.28. The number of quaternary nitrogens is 1. The van der Waals surface area contributed by atoms with Crippen LogP contribution in [0.1, 0.15) is 18.1 Å². The molecule has 0 unspecified atom stereocenters. The van der Waals surface area contributed by atoms with Crippen molar-refractivity contribution in [3.8, 4) is 23.0 Å². The summed E-state index contributed by atoms with van der Waals surface area (Å²) in [5.41, 5.74) is 9.00. The van der Waals surface area contributed by atoms with E-state index in [1.54, 1.807) is 30.3 Å². The van der Waals surface area contributed by atoms with Crippen molar-refractivity contribution in [2.45, 2.75) is 19.8 Å². The minimum absolute atomic E-state index is 0. The molecule has 2 heterocycles. The van der Waals surface area contributed by atoms with Crippen LogP contribution in [0.3, 0.4) is 0 Å². The van der Waals surface area contributed by atoms with Gasteiger partial charge in [0.25, 0.3) is 0 Å². The zero-order chi connectivity index (χ0) is 26.5. The molecule has 0 saturated carbocycles. The van der Waals surface area contributed by atoms with Crippen LogP contribution in [0.4, 0.5) is 5.69 Å². The van der Waals surface area contributed by atoms with Gasteiger partial charge in [-0.05, 0) is 70.6 Å². The van der Waals surface area contributed by atoms with Gasteiger partial charge in [0.2, 0.25) is 0 Å². The number of rotatable bonds is 5. The van der Waals surface area contributed by atoms with Crippen LogP contribution in [0.2, 0.25) is 0 Å². The molecule has 0 bridgehead atoms. The molecule has 5 N–H and O–H groups in total. The molecular weight excluding hydrogens is 517 g/mol. The smallest absolute Gasteiger partial charge is 0.491 e. The van der Waals surface area contributed by atoms with Gasteiger partial charge in [0.1, 0.15) is 23.0 Å². The predicted molar refractivity (Wildman–Crippen MR) is 146 cm³/mol. The van der Waals surface area contributed by atoms with E-state index < -0.39 is 14.2 Å². The van der Waals surface area contributed by atoms with Crippen LogP contribution in [0, 0.1) is 6.57 Å². The van der Waals surface area contributed by atoms with Gasteiger partial charge in [-0.25, -0.2) is 4.85 Å². The van der Waals surface area contributed by atoms with E-state index in [0.29, 0.717) is 36.1 Å². The van der Waals surface area contributed by atoms with Crippen molar-refractivity contribution in [1.29, 1.82) is 0 Å². The third kappa shape index (κ3) is 6.80. The molecule has 0 aromatic heterocycles. The highest BCUT2D eigenvalue weighted by molar-refractivity contribution is 6.62. The summed E-state index contributed by atoms with van der Waals surface area (Å²) in [4.78, 5) is 3.35. The lowest BCUT2D eigenvalue weighted by Gasteiger charge is -2.08. The van der Waals surface area contributed by atoms with Gasteiger partial charge in [-0.1, -0.05) is 36.4 Å². The van der Waals surface area contributed by atoms with E-state index in [1.165, 1.54) is 0 Å². The lowest BCUT2D eigenvalue weighted by atomic mass is 9.79. The minimum Gasteiger partial charge on any atom is -1.00 e. The molecule has 0 amide bonds. The molecule has 0 spiro atoms. The maximum absolute atomic E-state index is 9.67. The molecule has 8 nitrogen and oxygen atoms in total. The van der Waals surface area contributed by atoms with E-state index in [0.717, 1.165) is 39.9 Å². The Morgan fingerprint density at radius 3 is 1.82 bits per heavy atom. The molecule has 4 aromatic rings. The molecule has 0 atom stereocenters. The molecule has 4 aromatic carbocycles. The van der Waals surface area contributed by atoms with Gasteiger partial charge in [-0.2, -0.15) is 0 Å². The standard InChI is InChI=1S/C14H10BNO3.C14H14BNO3.ClH.H2/c1-16-11-3-2-4-12(7-11)19-13-6-5-10-9-18-15(17)14(10)8-13;16-8-10-2-1-3-12(6-10)19-13-5-4-11-9-18-15(17)14(11)7-13;;/h2-8,17H,9H2;1-7,17H,8-9,16H2;2*1H. The van der Waals surface area contributed by atoms with Gasteiger partial charge in [-0.3, -0.25) is 0 Å². The third-order valence-corrected chi connectivity index (χ3v) is 6.17. The molecule has 11 heteroatoms. The fraction of sp³-hybridized carbons (Fsp3) is 0.107. The minimum atomic E-state index is -0.881. The summed E-state index contributed by atoms with van der Waals surface area (Å²) < 4.78 is 21.8. The summed E-state index contributed by atoms with van der Waals surface area (Å²) in [5.74, 6) is 2.69. The molecule has 0 saturated heterocycles. The first-order chi connectivity index (χ1) is 18.5. The van der Waals surface area contributed by atoms with Gasteiger partial charge in [0.15, 0.2) is 5.69 Å². The van der Waals surface area contributed by atoms with E-state index in [-0.39, 0.29) is 13.8 Å². The highest BCUT2D eigenvalue weighted by atomic mass is 35.5. The highest BCUT2D eigenvalue weighted by Crippen LogP contribution is 2.26. The topological polar surface area (TPSA) is 109 Å². The molecule has 0 fully saturated rings. The second kappa shape index (κ2) is 12.8. The van der Waals surface area contributed by atoms with Crippen LogP contribution in [-0.4, -0.2) is 24.3 Å². The number of hydrogen-bond donors (Lipinski definition) is 3. The fourth-order valence-electron chi connectivity index (χ4n) is 4.17. The molecule has 6 rings (SSSR count). The molecule has 0 aliphatic carbocycles. The van der Waals surface area contributed by atoms with Crippen molar-refractivity contribution >= 4 is 30.8 Å². The summed E-state index contributed by atoms with van der Waals surface area (Å²) in [7, 11) is -1.72. The fourth-order valence-corrected chi connectivity index (χ4v) is 4.17. The van der Waals surface area contributed by atoms with E-state index in [2.05, 4.69) is 10.6 Å². The molecule has 2 aliphatic rings. The summed E-state index contributed by atoms with van der Waals surface area (Å²) in [6, 6.07) is 25.9. The molecule has 0 radical (unpaired) electrons. The zero-order valence-corrected chi connectivity index (χ0v) is 21.7. The lowest BCUT2D eigenvalue weighted by molar-refractivity contribution is -0.386. The van der Waals surface area contributed by atoms with Crippen LogP contribution in [-0.2, 0) is 29.1 Å². The van der Waals surface area contributed by atoms with Crippen molar-refractivity contribution in [2.24, 2.45) is 0 Å². The average Bonchev–Trinajstić information content (AvgIpc) is 3.51. The van der Waals surface area contributed by atoms with Crippen molar-refractivity contribution < 1.29 is 48.4 Å². The average molecular weight is 545 g/mol. The summed E-state index contributed by atoms with van der Waals surface area (Å²) in [5, 5.41) is 19.3. The Bertz CT molecular complexity index is 1510. The first-order valence-corrected chi connectivity index (χ1v) is 12.1. The second-order valence-electron chi connectivity index (χ2n) is 8.76. The Morgan fingerprint density at radius 1 is 0.769 bits per heavy atom. The van der Waals surface area contributed by atoms with Crippen molar-refractivity contribution in [3.63, 3.8) is 0 Å². The number of fused-ring (bicyclic) bond motifs is 2. The van der Waals surface area contributed by atoms with Crippen molar-refractivity contribution in [1.82, 2.24) is 0 Å². The Balaban J connectivity index is 0.000000210. The van der Waals surface area contributed by atoms with Crippen molar-refractivity contribution in [3.05, 3.63) is 113 Å². The van der Waals surface area contributed by atoms with Crippen LogP contribution in [0.5, 0.6) is 23.0 Å². The molecular formula is C28H27B2ClN2O6. The first kappa shape index (κ1) is 28.2. The van der Waals surface area contributed by atoms with E-state index in [4.69, 9.17) is 25.4 Å². The van der Waals surface area contributed by atoms with Crippen LogP contribution < -0.4 is 38.5 Å². The monoisotopic (exact) mass is 544 g/mol. The summed E-state index contributed by atoms with van der Waals surface area (Å²) in [6.07, 6.45) is 0. The van der Waals surface area contributed by atoms with Crippen LogP contribution >= 0.6 is 0 Å². The molecule has 39 heavy (non-hydrogen) atoms. The van der Waals surface area contributed by atoms with Crippen molar-refractivity contribution in [2.75, 3.05) is 0 Å². The third-order valence-electron chi connectivity index (χ3n) is 6.17. The van der Waals surface area contributed by atoms with E-state index in [1.807, 2.05) is 54.6 Å². The molecule has 198 valence electrons. The first-order valence-electron chi connectivity index (χ1n) is 12.1. The van der Waals surface area contributed by atoms with E-state index >= 15 is 0 Å². The van der Waals surface area contributed by atoms with E-state index in [9.17, 15) is 10.0 Å². The normalized spacial score (nSPS) is 12.9. The Hall–Kier alpha value is -3.81. The number of halogens is 1.